The van der Waals surface area contributed by atoms with Gasteiger partial charge in [-0.3, -0.25) is 0 Å². The second-order valence-electron chi connectivity index (χ2n) is 2.76. The van der Waals surface area contributed by atoms with Crippen LogP contribution in [0.25, 0.3) is 0 Å². The first-order chi connectivity index (χ1) is 4.74. The van der Waals surface area contributed by atoms with Crippen LogP contribution < -0.4 is 0 Å². The molecule has 1 heterocycles. The van der Waals surface area contributed by atoms with E-state index in [-0.39, 0.29) is 18.3 Å². The molecule has 0 amide bonds. The summed E-state index contributed by atoms with van der Waals surface area (Å²) in [5, 5.41) is 9.23. The minimum Gasteiger partial charge on any atom is -0.390 e. The maximum atomic E-state index is 9.23. The monoisotopic (exact) mass is 142 g/mol. The predicted octanol–water partition coefficient (Wildman–Crippen LogP) is 1.10. The van der Waals surface area contributed by atoms with Crippen molar-refractivity contribution in [2.24, 2.45) is 0 Å². The lowest BCUT2D eigenvalue weighted by atomic mass is 10.0. The fraction of sp³-hybridized carbons (Fsp3) is 0.750. The Morgan fingerprint density at radius 3 is 2.80 bits per heavy atom. The van der Waals surface area contributed by atoms with Gasteiger partial charge in [0.05, 0.1) is 18.3 Å². The lowest BCUT2D eigenvalue weighted by Crippen LogP contribution is -2.35. The van der Waals surface area contributed by atoms with Crippen molar-refractivity contribution in [2.75, 3.05) is 0 Å². The molecular formula is C8H14O2. The fourth-order valence-electron chi connectivity index (χ4n) is 1.18. The van der Waals surface area contributed by atoms with Crippen LogP contribution in [-0.2, 0) is 4.74 Å². The van der Waals surface area contributed by atoms with Crippen LogP contribution in [0.5, 0.6) is 0 Å². The molecule has 3 atom stereocenters. The van der Waals surface area contributed by atoms with E-state index >= 15 is 0 Å². The number of aliphatic hydroxyl groups excluding tert-OH is 1. The van der Waals surface area contributed by atoms with Crippen molar-refractivity contribution in [1.29, 1.82) is 0 Å². The highest BCUT2D eigenvalue weighted by Crippen LogP contribution is 2.19. The first kappa shape index (κ1) is 7.76. The summed E-state index contributed by atoms with van der Waals surface area (Å²) in [4.78, 5) is 0. The molecule has 3 unspecified atom stereocenters. The summed E-state index contributed by atoms with van der Waals surface area (Å²) in [5.41, 5.74) is 0. The van der Waals surface area contributed by atoms with Crippen molar-refractivity contribution in [3.05, 3.63) is 12.7 Å². The van der Waals surface area contributed by atoms with Crippen LogP contribution in [0, 0.1) is 0 Å². The Balaban J connectivity index is 2.40. The smallest absolute Gasteiger partial charge is 0.0813 e. The second-order valence-corrected chi connectivity index (χ2v) is 2.76. The molecule has 1 rings (SSSR count). The Morgan fingerprint density at radius 1 is 1.60 bits per heavy atom. The zero-order valence-corrected chi connectivity index (χ0v) is 6.29. The van der Waals surface area contributed by atoms with Crippen LogP contribution in [0.4, 0.5) is 0 Å². The molecule has 1 aliphatic heterocycles. The molecule has 1 aliphatic rings. The third-order valence-corrected chi connectivity index (χ3v) is 1.94. The largest absolute Gasteiger partial charge is 0.390 e. The van der Waals surface area contributed by atoms with Crippen LogP contribution in [-0.4, -0.2) is 23.4 Å². The van der Waals surface area contributed by atoms with Crippen molar-refractivity contribution in [2.45, 2.75) is 38.1 Å². The molecule has 0 aromatic carbocycles. The van der Waals surface area contributed by atoms with Crippen LogP contribution in [0.3, 0.4) is 0 Å². The SMILES string of the molecule is C=CC1CCC(O)C(C)O1. The van der Waals surface area contributed by atoms with Crippen LogP contribution >= 0.6 is 0 Å². The van der Waals surface area contributed by atoms with E-state index in [0.29, 0.717) is 0 Å². The van der Waals surface area contributed by atoms with E-state index in [2.05, 4.69) is 6.58 Å². The van der Waals surface area contributed by atoms with Gasteiger partial charge in [-0.15, -0.1) is 6.58 Å². The van der Waals surface area contributed by atoms with Crippen molar-refractivity contribution in [1.82, 2.24) is 0 Å². The van der Waals surface area contributed by atoms with Crippen LogP contribution in [0.15, 0.2) is 12.7 Å². The summed E-state index contributed by atoms with van der Waals surface area (Å²) in [6.07, 6.45) is 3.36. The molecule has 2 nitrogen and oxygen atoms in total. The molecule has 1 N–H and O–H groups in total. The van der Waals surface area contributed by atoms with Gasteiger partial charge < -0.3 is 9.84 Å². The minimum absolute atomic E-state index is 0.0308. The van der Waals surface area contributed by atoms with Gasteiger partial charge in [-0.05, 0) is 19.8 Å². The molecule has 0 saturated carbocycles. The summed E-state index contributed by atoms with van der Waals surface area (Å²) in [7, 11) is 0. The quantitative estimate of drug-likeness (QED) is 0.555. The molecule has 1 fully saturated rings. The molecule has 0 radical (unpaired) electrons. The summed E-state index contributed by atoms with van der Waals surface area (Å²) in [6, 6.07) is 0. The maximum absolute atomic E-state index is 9.23. The fourth-order valence-corrected chi connectivity index (χ4v) is 1.18. The second kappa shape index (κ2) is 3.17. The lowest BCUT2D eigenvalue weighted by Gasteiger charge is -2.29. The molecule has 0 spiro atoms. The van der Waals surface area contributed by atoms with Gasteiger partial charge in [0.1, 0.15) is 0 Å². The molecule has 0 aliphatic carbocycles. The topological polar surface area (TPSA) is 29.5 Å². The molecule has 0 aromatic heterocycles. The van der Waals surface area contributed by atoms with E-state index in [1.54, 1.807) is 6.08 Å². The Kier molecular flexibility index (Phi) is 2.46. The predicted molar refractivity (Wildman–Crippen MR) is 39.8 cm³/mol. The van der Waals surface area contributed by atoms with Gasteiger partial charge >= 0.3 is 0 Å². The van der Waals surface area contributed by atoms with E-state index in [0.717, 1.165) is 12.8 Å². The van der Waals surface area contributed by atoms with Gasteiger partial charge in [0.2, 0.25) is 0 Å². The van der Waals surface area contributed by atoms with Crippen LogP contribution in [0.2, 0.25) is 0 Å². The normalized spacial score (nSPS) is 41.2. The first-order valence-corrected chi connectivity index (χ1v) is 3.70. The Bertz CT molecular complexity index is 122. The van der Waals surface area contributed by atoms with Crippen molar-refractivity contribution in [3.63, 3.8) is 0 Å². The molecular weight excluding hydrogens is 128 g/mol. The summed E-state index contributed by atoms with van der Waals surface area (Å²) < 4.78 is 5.38. The lowest BCUT2D eigenvalue weighted by molar-refractivity contribution is -0.0909. The average molecular weight is 142 g/mol. The number of rotatable bonds is 1. The maximum Gasteiger partial charge on any atom is 0.0813 e. The Hall–Kier alpha value is -0.340. The van der Waals surface area contributed by atoms with Gasteiger partial charge in [0.25, 0.3) is 0 Å². The summed E-state index contributed by atoms with van der Waals surface area (Å²) in [6.45, 7) is 5.53. The zero-order chi connectivity index (χ0) is 7.56. The van der Waals surface area contributed by atoms with Crippen molar-refractivity contribution < 1.29 is 9.84 Å². The van der Waals surface area contributed by atoms with Crippen molar-refractivity contribution >= 4 is 0 Å². The summed E-state index contributed by atoms with van der Waals surface area (Å²) in [5.74, 6) is 0. The van der Waals surface area contributed by atoms with Gasteiger partial charge in [0, 0.05) is 0 Å². The molecule has 10 heavy (non-hydrogen) atoms. The van der Waals surface area contributed by atoms with Gasteiger partial charge in [0.15, 0.2) is 0 Å². The minimum atomic E-state index is -0.281. The van der Waals surface area contributed by atoms with E-state index in [1.807, 2.05) is 6.92 Å². The van der Waals surface area contributed by atoms with E-state index in [1.165, 1.54) is 0 Å². The highest BCUT2D eigenvalue weighted by Gasteiger charge is 2.24. The molecule has 0 bridgehead atoms. The van der Waals surface area contributed by atoms with E-state index < -0.39 is 0 Å². The number of ether oxygens (including phenoxy) is 1. The molecule has 2 heteroatoms. The number of aliphatic hydroxyl groups is 1. The van der Waals surface area contributed by atoms with E-state index in [4.69, 9.17) is 4.74 Å². The number of hydrogen-bond donors (Lipinski definition) is 1. The first-order valence-electron chi connectivity index (χ1n) is 3.70. The molecule has 58 valence electrons. The third kappa shape index (κ3) is 1.58. The van der Waals surface area contributed by atoms with Gasteiger partial charge in [-0.2, -0.15) is 0 Å². The average Bonchev–Trinajstić information content (AvgIpc) is 1.95. The standard InChI is InChI=1S/C8H14O2/c1-3-7-4-5-8(9)6(2)10-7/h3,6-9H,1,4-5H2,2H3. The Morgan fingerprint density at radius 2 is 2.30 bits per heavy atom. The highest BCUT2D eigenvalue weighted by molar-refractivity contribution is 4.86. The Labute approximate surface area is 61.5 Å². The summed E-state index contributed by atoms with van der Waals surface area (Å²) >= 11 is 0. The number of hydrogen-bond acceptors (Lipinski definition) is 2. The highest BCUT2D eigenvalue weighted by atomic mass is 16.5. The third-order valence-electron chi connectivity index (χ3n) is 1.94. The van der Waals surface area contributed by atoms with Gasteiger partial charge in [-0.1, -0.05) is 6.08 Å². The van der Waals surface area contributed by atoms with E-state index in [9.17, 15) is 5.11 Å². The van der Waals surface area contributed by atoms with Crippen molar-refractivity contribution in [3.8, 4) is 0 Å². The molecule has 1 saturated heterocycles. The zero-order valence-electron chi connectivity index (χ0n) is 6.29. The van der Waals surface area contributed by atoms with Gasteiger partial charge in [-0.25, -0.2) is 0 Å². The molecule has 0 aromatic rings. The van der Waals surface area contributed by atoms with Crippen LogP contribution in [0.1, 0.15) is 19.8 Å².